The summed E-state index contributed by atoms with van der Waals surface area (Å²) in [4.78, 5) is 16.8. The molecule has 0 unspecified atom stereocenters. The minimum atomic E-state index is -0.00400. The minimum absolute atomic E-state index is 0.00400. The molecular weight excluding hydrogens is 350 g/mol. The van der Waals surface area contributed by atoms with E-state index >= 15 is 0 Å². The van der Waals surface area contributed by atoms with E-state index in [1.807, 2.05) is 30.3 Å². The number of halogens is 1. The van der Waals surface area contributed by atoms with E-state index in [1.165, 1.54) is 5.69 Å². The predicted molar refractivity (Wildman–Crippen MR) is 106 cm³/mol. The molecule has 6 heteroatoms. The summed E-state index contributed by atoms with van der Waals surface area (Å²) in [6.07, 6.45) is 0.466. The van der Waals surface area contributed by atoms with Crippen LogP contribution in [0, 0.1) is 0 Å². The van der Waals surface area contributed by atoms with Gasteiger partial charge in [-0.3, -0.25) is 9.69 Å². The van der Waals surface area contributed by atoms with Crippen LogP contribution in [0.4, 0.5) is 11.4 Å². The second-order valence-electron chi connectivity index (χ2n) is 6.30. The number of ether oxygens (including phenoxy) is 1. The number of amides is 1. The van der Waals surface area contributed by atoms with E-state index < -0.39 is 0 Å². The lowest BCUT2D eigenvalue weighted by Gasteiger charge is -2.36. The molecule has 0 spiro atoms. The second kappa shape index (κ2) is 8.92. The first-order valence-electron chi connectivity index (χ1n) is 8.81. The molecule has 0 aliphatic carbocycles. The molecule has 2 aromatic rings. The SMILES string of the molecule is COc1ccc(N2CCN(CCC(=O)Nc3ccccc3Cl)CC2)cc1. The van der Waals surface area contributed by atoms with Crippen LogP contribution < -0.4 is 15.0 Å². The maximum atomic E-state index is 12.1. The first-order valence-corrected chi connectivity index (χ1v) is 9.19. The highest BCUT2D eigenvalue weighted by Gasteiger charge is 2.18. The summed E-state index contributed by atoms with van der Waals surface area (Å²) in [6.45, 7) is 4.57. The van der Waals surface area contributed by atoms with Crippen LogP contribution in [0.3, 0.4) is 0 Å². The molecular formula is C20H24ClN3O2. The van der Waals surface area contributed by atoms with Crippen LogP contribution in [0.25, 0.3) is 0 Å². The number of benzene rings is 2. The van der Waals surface area contributed by atoms with Crippen LogP contribution in [0.2, 0.25) is 5.02 Å². The lowest BCUT2D eigenvalue weighted by Crippen LogP contribution is -2.47. The van der Waals surface area contributed by atoms with E-state index in [0.717, 1.165) is 38.5 Å². The molecule has 0 aromatic heterocycles. The molecule has 0 radical (unpaired) electrons. The quantitative estimate of drug-likeness (QED) is 0.841. The van der Waals surface area contributed by atoms with Crippen molar-refractivity contribution < 1.29 is 9.53 Å². The van der Waals surface area contributed by atoms with Gasteiger partial charge in [-0.1, -0.05) is 23.7 Å². The number of anilines is 2. The molecule has 1 amide bonds. The summed E-state index contributed by atoms with van der Waals surface area (Å²) < 4.78 is 5.20. The third kappa shape index (κ3) is 4.90. The van der Waals surface area contributed by atoms with Gasteiger partial charge in [0, 0.05) is 44.8 Å². The van der Waals surface area contributed by atoms with Crippen molar-refractivity contribution in [3.63, 3.8) is 0 Å². The molecule has 5 nitrogen and oxygen atoms in total. The van der Waals surface area contributed by atoms with Gasteiger partial charge in [0.05, 0.1) is 17.8 Å². The van der Waals surface area contributed by atoms with E-state index in [0.29, 0.717) is 17.1 Å². The molecule has 26 heavy (non-hydrogen) atoms. The molecule has 138 valence electrons. The number of methoxy groups -OCH3 is 1. The normalized spacial score (nSPS) is 14.9. The summed E-state index contributed by atoms with van der Waals surface area (Å²) in [7, 11) is 1.68. The van der Waals surface area contributed by atoms with Gasteiger partial charge in [-0.2, -0.15) is 0 Å². The topological polar surface area (TPSA) is 44.8 Å². The van der Waals surface area contributed by atoms with Gasteiger partial charge in [0.1, 0.15) is 5.75 Å². The maximum absolute atomic E-state index is 12.1. The fourth-order valence-electron chi connectivity index (χ4n) is 3.06. The average molecular weight is 374 g/mol. The van der Waals surface area contributed by atoms with Crippen molar-refractivity contribution in [2.45, 2.75) is 6.42 Å². The van der Waals surface area contributed by atoms with Crippen LogP contribution in [0.5, 0.6) is 5.75 Å². The van der Waals surface area contributed by atoms with E-state index in [2.05, 4.69) is 27.2 Å². The Morgan fingerprint density at radius 2 is 1.77 bits per heavy atom. The van der Waals surface area contributed by atoms with Crippen molar-refractivity contribution in [3.8, 4) is 5.75 Å². The Hall–Kier alpha value is -2.24. The average Bonchev–Trinajstić information content (AvgIpc) is 2.69. The van der Waals surface area contributed by atoms with E-state index in [-0.39, 0.29) is 5.91 Å². The van der Waals surface area contributed by atoms with Crippen molar-refractivity contribution >= 4 is 28.9 Å². The van der Waals surface area contributed by atoms with Crippen LogP contribution in [0.1, 0.15) is 6.42 Å². The fraction of sp³-hybridized carbons (Fsp3) is 0.350. The number of rotatable bonds is 6. The van der Waals surface area contributed by atoms with Crippen LogP contribution in [0.15, 0.2) is 48.5 Å². The van der Waals surface area contributed by atoms with Crippen molar-refractivity contribution in [2.24, 2.45) is 0 Å². The lowest BCUT2D eigenvalue weighted by atomic mass is 10.2. The van der Waals surface area contributed by atoms with Crippen molar-refractivity contribution in [3.05, 3.63) is 53.6 Å². The molecule has 2 aromatic carbocycles. The molecule has 0 bridgehead atoms. The zero-order valence-corrected chi connectivity index (χ0v) is 15.7. The molecule has 1 aliphatic rings. The number of hydrogen-bond donors (Lipinski definition) is 1. The standard InChI is InChI=1S/C20H24ClN3O2/c1-26-17-8-6-16(7-9-17)24-14-12-23(13-15-24)11-10-20(25)22-19-5-3-2-4-18(19)21/h2-9H,10-15H2,1H3,(H,22,25). The highest BCUT2D eigenvalue weighted by molar-refractivity contribution is 6.33. The molecule has 3 rings (SSSR count). The Kier molecular flexibility index (Phi) is 6.36. The van der Waals surface area contributed by atoms with Gasteiger partial charge in [-0.25, -0.2) is 0 Å². The third-order valence-electron chi connectivity index (χ3n) is 4.61. The number of piperazine rings is 1. The number of carbonyl (C=O) groups is 1. The maximum Gasteiger partial charge on any atom is 0.225 e. The van der Waals surface area contributed by atoms with Gasteiger partial charge >= 0.3 is 0 Å². The van der Waals surface area contributed by atoms with Crippen molar-refractivity contribution in [2.75, 3.05) is 50.1 Å². The lowest BCUT2D eigenvalue weighted by molar-refractivity contribution is -0.116. The van der Waals surface area contributed by atoms with E-state index in [1.54, 1.807) is 13.2 Å². The zero-order valence-electron chi connectivity index (χ0n) is 15.0. The molecule has 0 saturated carbocycles. The molecule has 1 saturated heterocycles. The van der Waals surface area contributed by atoms with Crippen LogP contribution in [-0.4, -0.2) is 50.6 Å². The van der Waals surface area contributed by atoms with E-state index in [4.69, 9.17) is 16.3 Å². The van der Waals surface area contributed by atoms with Crippen molar-refractivity contribution in [1.82, 2.24) is 4.90 Å². The van der Waals surface area contributed by atoms with Crippen LogP contribution in [-0.2, 0) is 4.79 Å². The zero-order chi connectivity index (χ0) is 18.4. The smallest absolute Gasteiger partial charge is 0.225 e. The van der Waals surface area contributed by atoms with Gasteiger partial charge in [-0.15, -0.1) is 0 Å². The van der Waals surface area contributed by atoms with E-state index in [9.17, 15) is 4.79 Å². The number of para-hydroxylation sites is 1. The molecule has 1 aliphatic heterocycles. The largest absolute Gasteiger partial charge is 0.497 e. The minimum Gasteiger partial charge on any atom is -0.497 e. The number of carbonyl (C=O) groups excluding carboxylic acids is 1. The summed E-state index contributed by atoms with van der Waals surface area (Å²) in [5.41, 5.74) is 1.88. The first kappa shape index (κ1) is 18.5. The Balaban J connectivity index is 1.42. The third-order valence-corrected chi connectivity index (χ3v) is 4.94. The second-order valence-corrected chi connectivity index (χ2v) is 6.71. The van der Waals surface area contributed by atoms with Crippen molar-refractivity contribution in [1.29, 1.82) is 0 Å². The molecule has 1 heterocycles. The Morgan fingerprint density at radius 3 is 2.42 bits per heavy atom. The molecule has 0 atom stereocenters. The van der Waals surface area contributed by atoms with Crippen LogP contribution >= 0.6 is 11.6 Å². The van der Waals surface area contributed by atoms with Gasteiger partial charge in [-0.05, 0) is 36.4 Å². The molecule has 1 fully saturated rings. The first-order chi connectivity index (χ1) is 12.7. The summed E-state index contributed by atoms with van der Waals surface area (Å²) in [5.74, 6) is 0.868. The summed E-state index contributed by atoms with van der Waals surface area (Å²) in [6, 6.07) is 15.4. The highest BCUT2D eigenvalue weighted by atomic mass is 35.5. The molecule has 1 N–H and O–H groups in total. The van der Waals surface area contributed by atoms with Gasteiger partial charge in [0.15, 0.2) is 0 Å². The predicted octanol–water partition coefficient (Wildman–Crippen LogP) is 3.50. The number of nitrogens with one attached hydrogen (secondary N) is 1. The number of hydrogen-bond acceptors (Lipinski definition) is 4. The summed E-state index contributed by atoms with van der Waals surface area (Å²) >= 11 is 6.07. The van der Waals surface area contributed by atoms with Gasteiger partial charge < -0.3 is 15.0 Å². The van der Waals surface area contributed by atoms with Gasteiger partial charge in [0.2, 0.25) is 5.91 Å². The highest BCUT2D eigenvalue weighted by Crippen LogP contribution is 2.21. The number of nitrogens with zero attached hydrogens (tertiary/aromatic N) is 2. The summed E-state index contributed by atoms with van der Waals surface area (Å²) in [5, 5.41) is 3.44. The monoisotopic (exact) mass is 373 g/mol. The Morgan fingerprint density at radius 1 is 1.08 bits per heavy atom. The van der Waals surface area contributed by atoms with Gasteiger partial charge in [0.25, 0.3) is 0 Å². The Labute approximate surface area is 159 Å². The fourth-order valence-corrected chi connectivity index (χ4v) is 3.24. The Bertz CT molecular complexity index is 728.